The molecule has 2 N–H and O–H groups in total. The van der Waals surface area contributed by atoms with E-state index in [9.17, 15) is 10.4 Å². The van der Waals surface area contributed by atoms with Crippen LogP contribution >= 0.6 is 12.6 Å². The Labute approximate surface area is 169 Å². The van der Waals surface area contributed by atoms with E-state index in [1.54, 1.807) is 12.4 Å². The SMILES string of the molecule is N#CC1=C(S)N[C@](O)(c2ccccc2)[C@@H]([n+]2ccccc2)[C@H]1c1ccncc1. The van der Waals surface area contributed by atoms with Gasteiger partial charge in [-0.05, 0) is 17.7 Å². The van der Waals surface area contributed by atoms with Gasteiger partial charge in [0, 0.05) is 30.1 Å². The van der Waals surface area contributed by atoms with Crippen LogP contribution in [0.3, 0.4) is 0 Å². The summed E-state index contributed by atoms with van der Waals surface area (Å²) in [7, 11) is 0. The Bertz CT molecular complexity index is 1030. The number of hydrogen-bond acceptors (Lipinski definition) is 5. The molecule has 0 unspecified atom stereocenters. The molecule has 0 saturated carbocycles. The lowest BCUT2D eigenvalue weighted by molar-refractivity contribution is -0.743. The third-order valence-corrected chi connectivity index (χ3v) is 5.43. The van der Waals surface area contributed by atoms with E-state index in [-0.39, 0.29) is 0 Å². The van der Waals surface area contributed by atoms with Crippen LogP contribution in [-0.4, -0.2) is 10.1 Å². The maximum Gasteiger partial charge on any atom is 0.227 e. The Kier molecular flexibility index (Phi) is 4.86. The predicted octanol–water partition coefficient (Wildman–Crippen LogP) is 2.81. The molecule has 0 radical (unpaired) electrons. The zero-order valence-electron chi connectivity index (χ0n) is 15.0. The Morgan fingerprint density at radius 2 is 1.68 bits per heavy atom. The van der Waals surface area contributed by atoms with Crippen LogP contribution in [0, 0.1) is 11.3 Å². The number of nitriles is 1. The van der Waals surface area contributed by atoms with Crippen molar-refractivity contribution in [3.05, 3.63) is 107 Å². The minimum absolute atomic E-state index is 0.364. The molecule has 5 nitrogen and oxygen atoms in total. The van der Waals surface area contributed by atoms with Crippen LogP contribution in [-0.2, 0) is 5.72 Å². The van der Waals surface area contributed by atoms with Gasteiger partial charge in [-0.3, -0.25) is 4.98 Å². The molecular formula is C22H19N4OS+. The molecule has 3 heterocycles. The van der Waals surface area contributed by atoms with Gasteiger partial charge in [-0.2, -0.15) is 9.83 Å². The monoisotopic (exact) mass is 387 g/mol. The first-order chi connectivity index (χ1) is 13.6. The number of pyridine rings is 2. The number of hydrogen-bond donors (Lipinski definition) is 3. The highest BCUT2D eigenvalue weighted by Crippen LogP contribution is 2.47. The van der Waals surface area contributed by atoms with E-state index >= 15 is 0 Å². The molecule has 1 aliphatic rings. The molecule has 3 atom stereocenters. The molecule has 0 aliphatic carbocycles. The molecule has 1 aromatic carbocycles. The van der Waals surface area contributed by atoms with Gasteiger partial charge in [-0.1, -0.05) is 36.4 Å². The number of aliphatic hydroxyl groups is 1. The highest BCUT2D eigenvalue weighted by atomic mass is 32.1. The van der Waals surface area contributed by atoms with Crippen molar-refractivity contribution < 1.29 is 9.67 Å². The van der Waals surface area contributed by atoms with Crippen molar-refractivity contribution in [3.8, 4) is 6.07 Å². The average Bonchev–Trinajstić information content (AvgIpc) is 2.75. The van der Waals surface area contributed by atoms with Gasteiger partial charge >= 0.3 is 0 Å². The van der Waals surface area contributed by atoms with Gasteiger partial charge in [0.05, 0.1) is 22.6 Å². The summed E-state index contributed by atoms with van der Waals surface area (Å²) < 4.78 is 1.93. The number of nitrogens with one attached hydrogen (secondary N) is 1. The Morgan fingerprint density at radius 3 is 2.32 bits per heavy atom. The smallest absolute Gasteiger partial charge is 0.227 e. The van der Waals surface area contributed by atoms with E-state index in [1.165, 1.54) is 0 Å². The van der Waals surface area contributed by atoms with Crippen LogP contribution < -0.4 is 9.88 Å². The van der Waals surface area contributed by atoms with Crippen LogP contribution in [0.2, 0.25) is 0 Å². The van der Waals surface area contributed by atoms with Gasteiger partial charge in [0.25, 0.3) is 0 Å². The molecule has 0 saturated heterocycles. The first-order valence-corrected chi connectivity index (χ1v) is 9.35. The molecule has 0 amide bonds. The number of rotatable bonds is 3. The number of aromatic nitrogens is 2. The van der Waals surface area contributed by atoms with E-state index in [0.717, 1.165) is 5.56 Å². The number of nitrogens with zero attached hydrogens (tertiary/aromatic N) is 3. The largest absolute Gasteiger partial charge is 0.362 e. The van der Waals surface area contributed by atoms with Crippen LogP contribution in [0.15, 0.2) is 96.1 Å². The van der Waals surface area contributed by atoms with E-state index < -0.39 is 17.7 Å². The van der Waals surface area contributed by atoms with E-state index in [2.05, 4.69) is 29.0 Å². The lowest BCUT2D eigenvalue weighted by atomic mass is 9.75. The summed E-state index contributed by atoms with van der Waals surface area (Å²) in [5.41, 5.74) is 0.573. The molecule has 3 aromatic rings. The standard InChI is InChI=1S/C22H18N4OS/c23-15-18-19(16-9-11-24-12-10-16)20(26-13-5-2-6-14-26)22(27,25-21(18)28)17-7-3-1-4-8-17/h1-14,19-20,25,27H/p+1/t19-,20-,22-/m0/s1. The summed E-state index contributed by atoms with van der Waals surface area (Å²) in [5.74, 6) is -0.417. The van der Waals surface area contributed by atoms with Crippen molar-refractivity contribution in [2.24, 2.45) is 0 Å². The normalized spacial score (nSPS) is 24.3. The zero-order valence-corrected chi connectivity index (χ0v) is 15.9. The molecule has 4 rings (SSSR count). The second kappa shape index (κ2) is 7.47. The fourth-order valence-electron chi connectivity index (χ4n) is 3.83. The van der Waals surface area contributed by atoms with E-state index in [1.807, 2.05) is 77.6 Å². The molecule has 1 aliphatic heterocycles. The van der Waals surface area contributed by atoms with Gasteiger partial charge in [0.2, 0.25) is 11.8 Å². The van der Waals surface area contributed by atoms with Crippen molar-refractivity contribution in [2.45, 2.75) is 17.7 Å². The molecule has 0 bridgehead atoms. The highest BCUT2D eigenvalue weighted by molar-refractivity contribution is 7.84. The van der Waals surface area contributed by atoms with Gasteiger partial charge < -0.3 is 10.4 Å². The number of benzene rings is 1. The van der Waals surface area contributed by atoms with Crippen LogP contribution in [0.1, 0.15) is 23.1 Å². The summed E-state index contributed by atoms with van der Waals surface area (Å²) in [6.07, 6.45) is 7.18. The van der Waals surface area contributed by atoms with Crippen LogP contribution in [0.5, 0.6) is 0 Å². The molecule has 138 valence electrons. The topological polar surface area (TPSA) is 72.8 Å². The van der Waals surface area contributed by atoms with Gasteiger partial charge in [0.15, 0.2) is 12.4 Å². The van der Waals surface area contributed by atoms with Crippen molar-refractivity contribution in [2.75, 3.05) is 0 Å². The van der Waals surface area contributed by atoms with E-state index in [4.69, 9.17) is 0 Å². The number of thiol groups is 1. The third kappa shape index (κ3) is 3.05. The third-order valence-electron chi connectivity index (χ3n) is 5.08. The Hall–Kier alpha value is -3.14. The minimum atomic E-state index is -1.47. The Morgan fingerprint density at radius 1 is 1.04 bits per heavy atom. The zero-order chi connectivity index (χ0) is 19.6. The Balaban J connectivity index is 2.01. The van der Waals surface area contributed by atoms with E-state index in [0.29, 0.717) is 16.2 Å². The van der Waals surface area contributed by atoms with Crippen molar-refractivity contribution in [1.29, 1.82) is 5.26 Å². The summed E-state index contributed by atoms with van der Waals surface area (Å²) in [6, 6.07) is 20.6. The fourth-order valence-corrected chi connectivity index (χ4v) is 4.19. The molecule has 2 aromatic heterocycles. The maximum atomic E-state index is 11.9. The van der Waals surface area contributed by atoms with Gasteiger partial charge in [0.1, 0.15) is 0 Å². The predicted molar refractivity (Wildman–Crippen MR) is 108 cm³/mol. The van der Waals surface area contributed by atoms with Gasteiger partial charge in [-0.15, -0.1) is 12.6 Å². The van der Waals surface area contributed by atoms with Crippen LogP contribution in [0.4, 0.5) is 0 Å². The summed E-state index contributed by atoms with van der Waals surface area (Å²) >= 11 is 4.52. The molecule has 0 spiro atoms. The second-order valence-electron chi connectivity index (χ2n) is 6.66. The fraction of sp³-hybridized carbons (Fsp3) is 0.136. The summed E-state index contributed by atoms with van der Waals surface area (Å²) in [4.78, 5) is 4.10. The summed E-state index contributed by atoms with van der Waals surface area (Å²) in [6.45, 7) is 0. The van der Waals surface area contributed by atoms with Crippen molar-refractivity contribution in [3.63, 3.8) is 0 Å². The van der Waals surface area contributed by atoms with Crippen molar-refractivity contribution in [1.82, 2.24) is 10.3 Å². The first-order valence-electron chi connectivity index (χ1n) is 8.90. The molecule has 28 heavy (non-hydrogen) atoms. The first kappa shape index (κ1) is 18.2. The van der Waals surface area contributed by atoms with Crippen molar-refractivity contribution >= 4 is 12.6 Å². The quantitative estimate of drug-likeness (QED) is 0.477. The number of allylic oxidation sites excluding steroid dienone is 1. The summed E-state index contributed by atoms with van der Waals surface area (Å²) in [5, 5.41) is 25.3. The van der Waals surface area contributed by atoms with Gasteiger partial charge in [-0.25, -0.2) is 0 Å². The molecule has 0 fully saturated rings. The average molecular weight is 387 g/mol. The maximum absolute atomic E-state index is 11.9. The van der Waals surface area contributed by atoms with Crippen LogP contribution in [0.25, 0.3) is 0 Å². The second-order valence-corrected chi connectivity index (χ2v) is 7.10. The highest BCUT2D eigenvalue weighted by Gasteiger charge is 2.55. The lowest BCUT2D eigenvalue weighted by Gasteiger charge is -2.42. The molecule has 6 heteroatoms. The lowest BCUT2D eigenvalue weighted by Crippen LogP contribution is -2.62. The molecular weight excluding hydrogens is 368 g/mol. The minimum Gasteiger partial charge on any atom is -0.362 e.